The van der Waals surface area contributed by atoms with Crippen LogP contribution in [0.3, 0.4) is 0 Å². The monoisotopic (exact) mass is 709 g/mol. The molecule has 3 fully saturated rings. The molecule has 256 valence electrons. The van der Waals surface area contributed by atoms with Crippen LogP contribution < -0.4 is 15.1 Å². The second-order valence-corrected chi connectivity index (χ2v) is 13.3. The Morgan fingerprint density at radius 2 is 1.92 bits per heavy atom. The van der Waals surface area contributed by atoms with Crippen LogP contribution in [0.1, 0.15) is 16.6 Å². The molecule has 4 aliphatic rings. The molecule has 13 nitrogen and oxygen atoms in total. The zero-order valence-electron chi connectivity index (χ0n) is 26.4. The predicted molar refractivity (Wildman–Crippen MR) is 181 cm³/mol. The van der Waals surface area contributed by atoms with Gasteiger partial charge in [-0.2, -0.15) is 0 Å². The highest BCUT2D eigenvalue weighted by atomic mass is 35.5. The van der Waals surface area contributed by atoms with Crippen molar-refractivity contribution in [1.29, 1.82) is 0 Å². The molecule has 16 heteroatoms. The summed E-state index contributed by atoms with van der Waals surface area (Å²) in [5.41, 5.74) is 2.75. The number of fused-ring (bicyclic) bond motifs is 1. The number of rotatable bonds is 8. The predicted octanol–water partition coefficient (Wildman–Crippen LogP) is 3.37. The van der Waals surface area contributed by atoms with E-state index in [9.17, 15) is 23.9 Å². The maximum absolute atomic E-state index is 14.0. The van der Waals surface area contributed by atoms with Gasteiger partial charge in [-0.1, -0.05) is 17.7 Å². The number of esters is 1. The average Bonchev–Trinajstić information content (AvgIpc) is 3.76. The average molecular weight is 710 g/mol. The fraction of sp³-hybridized carbons (Fsp3) is 0.364. The van der Waals surface area contributed by atoms with Crippen LogP contribution in [0.2, 0.25) is 5.02 Å². The molecule has 1 aromatic heterocycles. The maximum Gasteiger partial charge on any atom is 0.338 e. The molecule has 3 saturated heterocycles. The van der Waals surface area contributed by atoms with Crippen LogP contribution >= 0.6 is 22.9 Å². The van der Waals surface area contributed by atoms with E-state index in [0.717, 1.165) is 11.4 Å². The number of carbonyl (C=O) groups excluding carboxylic acids is 2. The summed E-state index contributed by atoms with van der Waals surface area (Å²) < 4.78 is 24.6. The molecule has 49 heavy (non-hydrogen) atoms. The first-order chi connectivity index (χ1) is 23.7. The van der Waals surface area contributed by atoms with Crippen molar-refractivity contribution in [2.45, 2.75) is 18.1 Å². The van der Waals surface area contributed by atoms with E-state index in [1.165, 1.54) is 36.6 Å². The number of benzene rings is 2. The van der Waals surface area contributed by atoms with Gasteiger partial charge in [0.05, 0.1) is 31.9 Å². The number of urea groups is 1. The van der Waals surface area contributed by atoms with Crippen LogP contribution in [0.4, 0.5) is 20.6 Å². The maximum atomic E-state index is 14.0. The van der Waals surface area contributed by atoms with Crippen LogP contribution in [0.5, 0.6) is 0 Å². The minimum Gasteiger partial charge on any atom is -0.480 e. The number of thiazole rings is 1. The molecule has 5 heterocycles. The largest absolute Gasteiger partial charge is 0.480 e. The summed E-state index contributed by atoms with van der Waals surface area (Å²) in [5.74, 6) is -1.59. The van der Waals surface area contributed by atoms with E-state index in [1.807, 2.05) is 34.5 Å². The number of halogens is 2. The van der Waals surface area contributed by atoms with Crippen LogP contribution in [0, 0.1) is 5.82 Å². The van der Waals surface area contributed by atoms with Gasteiger partial charge in [0.25, 0.3) is 0 Å². The van der Waals surface area contributed by atoms with Crippen LogP contribution in [-0.2, 0) is 19.1 Å². The first-order valence-corrected chi connectivity index (χ1v) is 17.0. The number of amidine groups is 1. The normalized spacial score (nSPS) is 22.9. The number of amides is 2. The Hall–Kier alpha value is -4.57. The number of anilines is 2. The third-order valence-corrected chi connectivity index (χ3v) is 10.3. The number of carbonyl (C=O) groups is 3. The molecule has 3 aromatic rings. The number of morpholine rings is 1. The summed E-state index contributed by atoms with van der Waals surface area (Å²) in [7, 11) is 1.30. The number of piperazine rings is 1. The summed E-state index contributed by atoms with van der Waals surface area (Å²) in [6.45, 7) is 3.37. The van der Waals surface area contributed by atoms with Crippen molar-refractivity contribution in [2.24, 2.45) is 4.99 Å². The van der Waals surface area contributed by atoms with Gasteiger partial charge in [-0.3, -0.25) is 14.8 Å². The summed E-state index contributed by atoms with van der Waals surface area (Å²) >= 11 is 7.88. The molecule has 7 rings (SSSR count). The Kier molecular flexibility index (Phi) is 9.24. The molecule has 0 aliphatic carbocycles. The van der Waals surface area contributed by atoms with Crippen LogP contribution in [0.25, 0.3) is 0 Å². The second-order valence-electron chi connectivity index (χ2n) is 12.0. The van der Waals surface area contributed by atoms with Crippen LogP contribution in [-0.4, -0.2) is 115 Å². The first-order valence-electron chi connectivity index (χ1n) is 15.7. The fourth-order valence-electron chi connectivity index (χ4n) is 6.76. The second kappa shape index (κ2) is 13.7. The fourth-order valence-corrected chi connectivity index (χ4v) is 7.62. The van der Waals surface area contributed by atoms with Gasteiger partial charge in [0.15, 0.2) is 16.9 Å². The van der Waals surface area contributed by atoms with Crippen molar-refractivity contribution in [3.05, 3.63) is 86.7 Å². The molecule has 0 saturated carbocycles. The lowest BCUT2D eigenvalue weighted by atomic mass is 9.95. The van der Waals surface area contributed by atoms with Gasteiger partial charge < -0.3 is 29.7 Å². The number of methoxy groups -OCH3 is 1. The molecule has 4 aliphatic heterocycles. The summed E-state index contributed by atoms with van der Waals surface area (Å²) in [6.07, 6.45) is 1.66. The molecule has 0 bridgehead atoms. The number of aromatic nitrogens is 1. The number of aliphatic imine (C=N–C) groups is 1. The standard InChI is InChI=1S/C33H33ClFN7O6S/c1-47-32(45)27-25(37-29(30-36-8-13-49-30)38-28(27)23-7-2-19(35)14-24(23)34)17-39-9-10-41-22(15-39)16-42(33(41)46)21-5-3-20(4-6-21)40-11-12-48-18-26(40)31(43)44/h2-8,13-14,22,26,28H,9-12,15-18H2,1H3,(H,37,38)(H,43,44)/t22-,26-,28-/m0/s1. The van der Waals surface area contributed by atoms with Gasteiger partial charge in [-0.25, -0.2) is 23.8 Å². The number of aliphatic carboxylic acids is 1. The number of hydrogen-bond acceptors (Lipinski definition) is 11. The highest BCUT2D eigenvalue weighted by molar-refractivity contribution is 7.11. The Morgan fingerprint density at radius 3 is 2.63 bits per heavy atom. The molecule has 2 amide bonds. The van der Waals surface area contributed by atoms with Crippen molar-refractivity contribution in [3.63, 3.8) is 0 Å². The van der Waals surface area contributed by atoms with E-state index < -0.39 is 29.8 Å². The lowest BCUT2D eigenvalue weighted by Gasteiger charge is -2.38. The number of nitrogens with zero attached hydrogens (tertiary/aromatic N) is 6. The van der Waals surface area contributed by atoms with Crippen molar-refractivity contribution < 1.29 is 33.4 Å². The third kappa shape index (κ3) is 6.46. The molecular formula is C33H33ClFN7O6S. The number of ether oxygens (including phenoxy) is 2. The number of hydrogen-bond donors (Lipinski definition) is 2. The lowest BCUT2D eigenvalue weighted by molar-refractivity contribution is -0.141. The van der Waals surface area contributed by atoms with Crippen molar-refractivity contribution in [1.82, 2.24) is 20.1 Å². The first kappa shape index (κ1) is 33.0. The topological polar surface area (TPSA) is 140 Å². The highest BCUT2D eigenvalue weighted by Gasteiger charge is 2.42. The Morgan fingerprint density at radius 1 is 1.12 bits per heavy atom. The smallest absolute Gasteiger partial charge is 0.338 e. The quantitative estimate of drug-likeness (QED) is 0.335. The number of nitrogens with one attached hydrogen (secondary N) is 1. The zero-order valence-corrected chi connectivity index (χ0v) is 28.0. The Labute approximate surface area is 290 Å². The highest BCUT2D eigenvalue weighted by Crippen LogP contribution is 2.37. The van der Waals surface area contributed by atoms with E-state index >= 15 is 0 Å². The van der Waals surface area contributed by atoms with Gasteiger partial charge in [0.2, 0.25) is 0 Å². The number of carboxylic acid groups (broad SMARTS) is 1. The summed E-state index contributed by atoms with van der Waals surface area (Å²) in [5, 5.41) is 15.5. The minimum absolute atomic E-state index is 0.0957. The van der Waals surface area contributed by atoms with E-state index in [4.69, 9.17) is 26.1 Å². The Balaban J connectivity index is 1.11. The molecule has 2 aromatic carbocycles. The zero-order chi connectivity index (χ0) is 34.2. The van der Waals surface area contributed by atoms with Crippen LogP contribution in [0.15, 0.2) is 70.3 Å². The van der Waals surface area contributed by atoms with Crippen molar-refractivity contribution in [2.75, 3.05) is 69.4 Å². The van der Waals surface area contributed by atoms with Gasteiger partial charge in [-0.05, 0) is 36.4 Å². The van der Waals surface area contributed by atoms with E-state index in [2.05, 4.69) is 15.2 Å². The van der Waals surface area contributed by atoms with Crippen molar-refractivity contribution in [3.8, 4) is 0 Å². The minimum atomic E-state index is -0.945. The number of carboxylic acids is 1. The summed E-state index contributed by atoms with van der Waals surface area (Å²) in [6, 6.07) is 9.52. The molecule has 0 radical (unpaired) electrons. The summed E-state index contributed by atoms with van der Waals surface area (Å²) in [4.78, 5) is 55.4. The van der Waals surface area contributed by atoms with Gasteiger partial charge in [0.1, 0.15) is 11.9 Å². The molecule has 2 N–H and O–H groups in total. The van der Waals surface area contributed by atoms with Gasteiger partial charge in [0, 0.05) is 78.5 Å². The van der Waals surface area contributed by atoms with Gasteiger partial charge in [-0.15, -0.1) is 11.3 Å². The third-order valence-electron chi connectivity index (χ3n) is 9.15. The SMILES string of the molecule is COC(=O)C1=C(CN2CCN3C(=O)N(c4ccc(N5CCOC[C@H]5C(=O)O)cc4)C[C@@H]3C2)NC(c2nccs2)=N[C@H]1c1ccc(F)cc1Cl. The van der Waals surface area contributed by atoms with E-state index in [1.54, 1.807) is 16.0 Å². The van der Waals surface area contributed by atoms with E-state index in [0.29, 0.717) is 68.0 Å². The van der Waals surface area contributed by atoms with E-state index in [-0.39, 0.29) is 29.3 Å². The lowest BCUT2D eigenvalue weighted by Crippen LogP contribution is -2.53. The molecule has 0 spiro atoms. The Bertz CT molecular complexity index is 1820. The van der Waals surface area contributed by atoms with Gasteiger partial charge >= 0.3 is 18.0 Å². The molecule has 3 atom stereocenters. The molecular weight excluding hydrogens is 677 g/mol. The molecule has 0 unspecified atom stereocenters. The van der Waals surface area contributed by atoms with Crippen molar-refractivity contribution >= 4 is 58.1 Å².